The minimum atomic E-state index is -2.02. The second kappa shape index (κ2) is 7.17. The molecule has 0 heterocycles. The highest BCUT2D eigenvalue weighted by atomic mass is 16.4. The summed E-state index contributed by atoms with van der Waals surface area (Å²) in [6.07, 6.45) is -2.77. The summed E-state index contributed by atoms with van der Waals surface area (Å²) in [6.45, 7) is -2.85. The molecule has 9 heteroatoms. The minimum Gasteiger partial charge on any atom is -0.481 e. The molecule has 0 radical (unpaired) electrons. The molecule has 0 unspecified atom stereocenters. The summed E-state index contributed by atoms with van der Waals surface area (Å²) in [7, 11) is 0. The zero-order chi connectivity index (χ0) is 16.0. The van der Waals surface area contributed by atoms with Crippen molar-refractivity contribution in [2.45, 2.75) is 19.3 Å². The van der Waals surface area contributed by atoms with E-state index in [4.69, 9.17) is 15.3 Å². The van der Waals surface area contributed by atoms with E-state index < -0.39 is 67.8 Å². The Morgan fingerprint density at radius 1 is 0.600 bits per heavy atom. The van der Waals surface area contributed by atoms with Gasteiger partial charge in [-0.05, 0) is 0 Å². The molecular weight excluding hydrogens is 276 g/mol. The van der Waals surface area contributed by atoms with Crippen molar-refractivity contribution >= 4 is 17.9 Å². The largest absolute Gasteiger partial charge is 0.481 e. The summed E-state index contributed by atoms with van der Waals surface area (Å²) in [5, 5.41) is 54.7. The molecule has 0 saturated carbocycles. The van der Waals surface area contributed by atoms with Gasteiger partial charge < -0.3 is 30.6 Å². The van der Waals surface area contributed by atoms with Crippen LogP contribution in [0.3, 0.4) is 0 Å². The van der Waals surface area contributed by atoms with E-state index in [1.54, 1.807) is 0 Å². The molecule has 116 valence electrons. The summed E-state index contributed by atoms with van der Waals surface area (Å²) in [4.78, 5) is 32.8. The van der Waals surface area contributed by atoms with Crippen LogP contribution in [0.25, 0.3) is 0 Å². The van der Waals surface area contributed by atoms with Gasteiger partial charge >= 0.3 is 17.9 Å². The topological polar surface area (TPSA) is 173 Å². The van der Waals surface area contributed by atoms with Crippen molar-refractivity contribution in [3.8, 4) is 0 Å². The van der Waals surface area contributed by atoms with Gasteiger partial charge in [-0.2, -0.15) is 0 Å². The van der Waals surface area contributed by atoms with Crippen LogP contribution < -0.4 is 0 Å². The summed E-state index contributed by atoms with van der Waals surface area (Å²) in [5.74, 6) is -4.48. The molecule has 0 aliphatic carbocycles. The first-order chi connectivity index (χ1) is 9.18. The van der Waals surface area contributed by atoms with E-state index in [9.17, 15) is 29.7 Å². The zero-order valence-electron chi connectivity index (χ0n) is 10.7. The van der Waals surface area contributed by atoms with Crippen LogP contribution in [0.5, 0.6) is 0 Å². The Morgan fingerprint density at radius 2 is 0.850 bits per heavy atom. The van der Waals surface area contributed by atoms with E-state index in [0.717, 1.165) is 0 Å². The van der Waals surface area contributed by atoms with Crippen molar-refractivity contribution in [2.75, 3.05) is 19.8 Å². The van der Waals surface area contributed by atoms with E-state index >= 15 is 0 Å². The molecule has 0 bridgehead atoms. The van der Waals surface area contributed by atoms with Crippen molar-refractivity contribution in [3.63, 3.8) is 0 Å². The van der Waals surface area contributed by atoms with Gasteiger partial charge in [0.15, 0.2) is 0 Å². The lowest BCUT2D eigenvalue weighted by Crippen LogP contribution is -2.53. The molecule has 0 aliphatic rings. The van der Waals surface area contributed by atoms with Gasteiger partial charge in [0.25, 0.3) is 0 Å². The molecule has 0 aliphatic heterocycles. The Balaban J connectivity index is 5.96. The first-order valence-electron chi connectivity index (χ1n) is 5.66. The van der Waals surface area contributed by atoms with Gasteiger partial charge in [0.2, 0.25) is 0 Å². The Kier molecular flexibility index (Phi) is 6.56. The lowest BCUT2D eigenvalue weighted by atomic mass is 9.59. The van der Waals surface area contributed by atoms with Crippen LogP contribution in [-0.4, -0.2) is 68.4 Å². The lowest BCUT2D eigenvalue weighted by Gasteiger charge is -2.45. The average Bonchev–Trinajstić information content (AvgIpc) is 2.28. The number of rotatable bonds is 10. The standard InChI is InChI=1S/C11H18O9/c12-4-11(5-13,6-14)10(1-7(15)16,2-8(17)18)3-9(19)20/h12-14H,1-6H2,(H,15,16)(H,17,18)(H,19,20). The van der Waals surface area contributed by atoms with Crippen LogP contribution in [-0.2, 0) is 14.4 Å². The number of hydrogen-bond donors (Lipinski definition) is 6. The zero-order valence-corrected chi connectivity index (χ0v) is 10.7. The Morgan fingerprint density at radius 3 is 1.00 bits per heavy atom. The molecule has 0 saturated heterocycles. The van der Waals surface area contributed by atoms with Crippen molar-refractivity contribution in [2.24, 2.45) is 10.8 Å². The van der Waals surface area contributed by atoms with Gasteiger partial charge in [-0.15, -0.1) is 0 Å². The third-order valence-electron chi connectivity index (χ3n) is 3.50. The first-order valence-corrected chi connectivity index (χ1v) is 5.66. The highest BCUT2D eigenvalue weighted by Gasteiger charge is 2.54. The SMILES string of the molecule is O=C(O)CC(CC(=O)O)(CC(=O)O)C(CO)(CO)CO. The van der Waals surface area contributed by atoms with Crippen LogP contribution in [0.15, 0.2) is 0 Å². The summed E-state index contributed by atoms with van der Waals surface area (Å²) < 4.78 is 0. The smallest absolute Gasteiger partial charge is 0.303 e. The number of hydrogen-bond acceptors (Lipinski definition) is 6. The number of carbonyl (C=O) groups is 3. The van der Waals surface area contributed by atoms with Crippen LogP contribution in [0, 0.1) is 10.8 Å². The molecule has 0 aromatic heterocycles. The summed E-state index contributed by atoms with van der Waals surface area (Å²) in [6, 6.07) is 0. The molecular formula is C11H18O9. The third kappa shape index (κ3) is 3.89. The van der Waals surface area contributed by atoms with Gasteiger partial charge in [0, 0.05) is 10.8 Å². The van der Waals surface area contributed by atoms with E-state index in [2.05, 4.69) is 0 Å². The van der Waals surface area contributed by atoms with Crippen LogP contribution in [0.4, 0.5) is 0 Å². The van der Waals surface area contributed by atoms with E-state index in [1.807, 2.05) is 0 Å². The fourth-order valence-corrected chi connectivity index (χ4v) is 2.27. The second-order valence-corrected chi connectivity index (χ2v) is 4.75. The van der Waals surface area contributed by atoms with Gasteiger partial charge in [-0.3, -0.25) is 14.4 Å². The number of aliphatic hydroxyl groups is 3. The van der Waals surface area contributed by atoms with Crippen LogP contribution >= 0.6 is 0 Å². The molecule has 20 heavy (non-hydrogen) atoms. The molecule has 0 rings (SSSR count). The number of carboxylic acid groups (broad SMARTS) is 3. The fourth-order valence-electron chi connectivity index (χ4n) is 2.27. The highest BCUT2D eigenvalue weighted by Crippen LogP contribution is 2.47. The van der Waals surface area contributed by atoms with Crippen molar-refractivity contribution in [1.82, 2.24) is 0 Å². The van der Waals surface area contributed by atoms with E-state index in [-0.39, 0.29) is 0 Å². The van der Waals surface area contributed by atoms with E-state index in [0.29, 0.717) is 0 Å². The van der Waals surface area contributed by atoms with Crippen molar-refractivity contribution < 1.29 is 45.0 Å². The van der Waals surface area contributed by atoms with Crippen LogP contribution in [0.2, 0.25) is 0 Å². The number of carboxylic acids is 3. The van der Waals surface area contributed by atoms with Gasteiger partial charge in [-0.25, -0.2) is 0 Å². The quantitative estimate of drug-likeness (QED) is 0.276. The molecule has 6 N–H and O–H groups in total. The Bertz CT molecular complexity index is 323. The molecule has 0 aromatic rings. The molecule has 0 amide bonds. The highest BCUT2D eigenvalue weighted by molar-refractivity contribution is 5.76. The summed E-state index contributed by atoms with van der Waals surface area (Å²) >= 11 is 0. The maximum absolute atomic E-state index is 10.9. The van der Waals surface area contributed by atoms with Gasteiger partial charge in [0.1, 0.15) is 0 Å². The number of aliphatic hydroxyl groups excluding tert-OH is 3. The second-order valence-electron chi connectivity index (χ2n) is 4.75. The number of aliphatic carboxylic acids is 3. The molecule has 0 atom stereocenters. The Labute approximate surface area is 114 Å². The average molecular weight is 294 g/mol. The molecule has 0 spiro atoms. The minimum absolute atomic E-state index is 0.923. The van der Waals surface area contributed by atoms with Gasteiger partial charge in [-0.1, -0.05) is 0 Å². The van der Waals surface area contributed by atoms with Gasteiger partial charge in [0.05, 0.1) is 39.1 Å². The first kappa shape index (κ1) is 18.3. The molecule has 9 nitrogen and oxygen atoms in total. The fraction of sp³-hybridized carbons (Fsp3) is 0.727. The normalized spacial score (nSPS) is 12.2. The maximum Gasteiger partial charge on any atom is 0.303 e. The Hall–Kier alpha value is -1.71. The molecule has 0 aromatic carbocycles. The third-order valence-corrected chi connectivity index (χ3v) is 3.50. The molecule has 0 fully saturated rings. The predicted molar refractivity (Wildman–Crippen MR) is 62.9 cm³/mol. The lowest BCUT2D eigenvalue weighted by molar-refractivity contribution is -0.165. The van der Waals surface area contributed by atoms with E-state index in [1.165, 1.54) is 0 Å². The van der Waals surface area contributed by atoms with Crippen LogP contribution in [0.1, 0.15) is 19.3 Å². The maximum atomic E-state index is 10.9. The summed E-state index contributed by atoms with van der Waals surface area (Å²) in [5.41, 5.74) is -3.96. The monoisotopic (exact) mass is 294 g/mol. The predicted octanol–water partition coefficient (Wildman–Crippen LogP) is -1.64. The van der Waals surface area contributed by atoms with Crippen molar-refractivity contribution in [3.05, 3.63) is 0 Å². The van der Waals surface area contributed by atoms with Crippen molar-refractivity contribution in [1.29, 1.82) is 0 Å².